The van der Waals surface area contributed by atoms with Gasteiger partial charge in [-0.3, -0.25) is 9.59 Å². The monoisotopic (exact) mass is 288 g/mol. The minimum Gasteiger partial charge on any atom is -0.326 e. The molecular weight excluding hydrogens is 264 g/mol. The molecule has 1 heterocycles. The van der Waals surface area contributed by atoms with Crippen molar-refractivity contribution in [2.24, 2.45) is 5.41 Å². The molecule has 0 saturated carbocycles. The molecule has 2 rings (SSSR count). The molecule has 1 aromatic rings. The highest BCUT2D eigenvalue weighted by atomic mass is 16.2. The van der Waals surface area contributed by atoms with E-state index in [4.69, 9.17) is 0 Å². The number of carbonyl (C=O) groups is 2. The second-order valence-electron chi connectivity index (χ2n) is 6.60. The fourth-order valence-corrected chi connectivity index (χ4v) is 2.52. The summed E-state index contributed by atoms with van der Waals surface area (Å²) < 4.78 is 0. The van der Waals surface area contributed by atoms with Crippen LogP contribution >= 0.6 is 0 Å². The lowest BCUT2D eigenvalue weighted by Gasteiger charge is -2.26. The third-order valence-corrected chi connectivity index (χ3v) is 3.63. The largest absolute Gasteiger partial charge is 0.326 e. The van der Waals surface area contributed by atoms with Gasteiger partial charge in [-0.15, -0.1) is 0 Å². The van der Waals surface area contributed by atoms with Gasteiger partial charge in [-0.25, -0.2) is 0 Å². The lowest BCUT2D eigenvalue weighted by atomic mass is 9.94. The Labute approximate surface area is 126 Å². The van der Waals surface area contributed by atoms with Crippen molar-refractivity contribution in [2.45, 2.75) is 47.0 Å². The lowest BCUT2D eigenvalue weighted by Crippen LogP contribution is -2.38. The Kier molecular flexibility index (Phi) is 4.35. The molecule has 21 heavy (non-hydrogen) atoms. The normalized spacial score (nSPS) is 14.0. The fourth-order valence-electron chi connectivity index (χ4n) is 2.52. The van der Waals surface area contributed by atoms with Gasteiger partial charge >= 0.3 is 0 Å². The summed E-state index contributed by atoms with van der Waals surface area (Å²) in [5.74, 6) is 0.141. The van der Waals surface area contributed by atoms with Crippen molar-refractivity contribution in [3.8, 4) is 0 Å². The lowest BCUT2D eigenvalue weighted by molar-refractivity contribution is -0.125. The number of nitrogens with one attached hydrogen (secondary N) is 1. The molecule has 0 atom stereocenters. The van der Waals surface area contributed by atoms with Crippen LogP contribution in [0.25, 0.3) is 0 Å². The Bertz CT molecular complexity index is 558. The molecule has 114 valence electrons. The zero-order valence-corrected chi connectivity index (χ0v) is 13.3. The van der Waals surface area contributed by atoms with Gasteiger partial charge in [-0.05, 0) is 30.5 Å². The molecule has 4 heteroatoms. The van der Waals surface area contributed by atoms with Gasteiger partial charge < -0.3 is 10.2 Å². The summed E-state index contributed by atoms with van der Waals surface area (Å²) in [6.07, 6.45) is 2.22. The summed E-state index contributed by atoms with van der Waals surface area (Å²) in [5, 5.41) is 2.89. The maximum atomic E-state index is 12.5. The van der Waals surface area contributed by atoms with Gasteiger partial charge in [0.1, 0.15) is 0 Å². The van der Waals surface area contributed by atoms with E-state index in [1.807, 2.05) is 50.8 Å². The van der Waals surface area contributed by atoms with E-state index in [0.29, 0.717) is 6.42 Å². The molecule has 0 fully saturated rings. The van der Waals surface area contributed by atoms with Gasteiger partial charge in [-0.2, -0.15) is 0 Å². The highest BCUT2D eigenvalue weighted by molar-refractivity contribution is 6.00. The Balaban J connectivity index is 2.23. The van der Waals surface area contributed by atoms with Crippen LogP contribution < -0.4 is 10.2 Å². The zero-order chi connectivity index (χ0) is 15.6. The topological polar surface area (TPSA) is 49.4 Å². The van der Waals surface area contributed by atoms with Crippen molar-refractivity contribution in [1.82, 2.24) is 0 Å². The molecule has 0 aromatic heterocycles. The Morgan fingerprint density at radius 1 is 1.29 bits per heavy atom. The molecule has 0 bridgehead atoms. The van der Waals surface area contributed by atoms with E-state index in [2.05, 4.69) is 5.32 Å². The van der Waals surface area contributed by atoms with Crippen molar-refractivity contribution < 1.29 is 9.59 Å². The highest BCUT2D eigenvalue weighted by Gasteiger charge is 2.32. The first-order chi connectivity index (χ1) is 9.82. The number of fused-ring (bicyclic) bond motifs is 1. The summed E-state index contributed by atoms with van der Waals surface area (Å²) in [5.41, 5.74) is 2.47. The van der Waals surface area contributed by atoms with Crippen LogP contribution in [-0.2, 0) is 16.0 Å². The van der Waals surface area contributed by atoms with Gasteiger partial charge in [0.05, 0.1) is 0 Å². The molecule has 4 nitrogen and oxygen atoms in total. The second-order valence-corrected chi connectivity index (χ2v) is 6.60. The first kappa shape index (κ1) is 15.5. The quantitative estimate of drug-likeness (QED) is 0.927. The van der Waals surface area contributed by atoms with Crippen LogP contribution in [0.5, 0.6) is 0 Å². The van der Waals surface area contributed by atoms with E-state index < -0.39 is 5.41 Å². The molecule has 0 radical (unpaired) electrons. The number of hydrogen-bond donors (Lipinski definition) is 1. The highest BCUT2D eigenvalue weighted by Crippen LogP contribution is 2.34. The summed E-state index contributed by atoms with van der Waals surface area (Å²) in [6, 6.07) is 5.84. The van der Waals surface area contributed by atoms with Gasteiger partial charge in [0.25, 0.3) is 0 Å². The first-order valence-corrected chi connectivity index (χ1v) is 7.57. The van der Waals surface area contributed by atoms with Crippen LogP contribution in [-0.4, -0.2) is 18.4 Å². The average molecular weight is 288 g/mol. The van der Waals surface area contributed by atoms with E-state index in [1.165, 1.54) is 5.56 Å². The molecule has 0 saturated heterocycles. The van der Waals surface area contributed by atoms with Crippen molar-refractivity contribution >= 4 is 23.2 Å². The first-order valence-electron chi connectivity index (χ1n) is 7.57. The van der Waals surface area contributed by atoms with Crippen molar-refractivity contribution in [3.63, 3.8) is 0 Å². The third kappa shape index (κ3) is 3.43. The molecule has 1 aliphatic heterocycles. The van der Waals surface area contributed by atoms with Crippen LogP contribution in [0.2, 0.25) is 0 Å². The molecule has 1 N–H and O–H groups in total. The van der Waals surface area contributed by atoms with Crippen molar-refractivity contribution in [2.75, 3.05) is 16.8 Å². The summed E-state index contributed by atoms with van der Waals surface area (Å²) in [4.78, 5) is 26.0. The van der Waals surface area contributed by atoms with Crippen molar-refractivity contribution in [1.29, 1.82) is 0 Å². The zero-order valence-electron chi connectivity index (χ0n) is 13.3. The number of hydrogen-bond acceptors (Lipinski definition) is 2. The van der Waals surface area contributed by atoms with E-state index in [9.17, 15) is 9.59 Å². The van der Waals surface area contributed by atoms with E-state index in [0.717, 1.165) is 30.8 Å². The Morgan fingerprint density at radius 2 is 2.00 bits per heavy atom. The fraction of sp³-hybridized carbons (Fsp3) is 0.529. The number of anilines is 2. The smallest absolute Gasteiger partial charge is 0.232 e. The molecule has 1 aromatic carbocycles. The molecule has 2 amide bonds. The molecule has 0 spiro atoms. The SMILES string of the molecule is CCCC(=O)Nc1ccc2c(c1)N(C(=O)C(C)(C)C)CC2. The van der Waals surface area contributed by atoms with Crippen LogP contribution in [0.1, 0.15) is 46.1 Å². The van der Waals surface area contributed by atoms with Gasteiger partial charge in [0.2, 0.25) is 11.8 Å². The predicted octanol–water partition coefficient (Wildman–Crippen LogP) is 3.36. The number of rotatable bonds is 3. The Hall–Kier alpha value is -1.84. The molecule has 0 unspecified atom stereocenters. The molecule has 1 aliphatic rings. The van der Waals surface area contributed by atoms with Crippen molar-refractivity contribution in [3.05, 3.63) is 23.8 Å². The van der Waals surface area contributed by atoms with Crippen LogP contribution in [0.4, 0.5) is 11.4 Å². The van der Waals surface area contributed by atoms with Gasteiger partial charge in [0, 0.05) is 29.8 Å². The van der Waals surface area contributed by atoms with E-state index >= 15 is 0 Å². The van der Waals surface area contributed by atoms with Crippen LogP contribution in [0, 0.1) is 5.41 Å². The molecular formula is C17H24N2O2. The van der Waals surface area contributed by atoms with E-state index in [-0.39, 0.29) is 11.8 Å². The average Bonchev–Trinajstić information content (AvgIpc) is 2.79. The number of amides is 2. The maximum absolute atomic E-state index is 12.5. The minimum atomic E-state index is -0.400. The minimum absolute atomic E-state index is 0.0177. The number of benzene rings is 1. The number of nitrogens with zero attached hydrogens (tertiary/aromatic N) is 1. The van der Waals surface area contributed by atoms with Gasteiger partial charge in [0.15, 0.2) is 0 Å². The standard InChI is InChI=1S/C17H24N2O2/c1-5-6-15(20)18-13-8-7-12-9-10-19(14(12)11-13)16(21)17(2,3)4/h7-8,11H,5-6,9-10H2,1-4H3,(H,18,20). The van der Waals surface area contributed by atoms with E-state index in [1.54, 1.807) is 0 Å². The maximum Gasteiger partial charge on any atom is 0.232 e. The summed E-state index contributed by atoms with van der Waals surface area (Å²) in [6.45, 7) is 8.49. The van der Waals surface area contributed by atoms with Crippen LogP contribution in [0.3, 0.4) is 0 Å². The molecule has 0 aliphatic carbocycles. The summed E-state index contributed by atoms with van der Waals surface area (Å²) in [7, 11) is 0. The van der Waals surface area contributed by atoms with Crippen LogP contribution in [0.15, 0.2) is 18.2 Å². The van der Waals surface area contributed by atoms with Gasteiger partial charge in [-0.1, -0.05) is 33.8 Å². The number of carbonyl (C=O) groups excluding carboxylic acids is 2. The predicted molar refractivity (Wildman–Crippen MR) is 85.5 cm³/mol. The second kappa shape index (κ2) is 5.88. The Morgan fingerprint density at radius 3 is 2.62 bits per heavy atom. The third-order valence-electron chi connectivity index (χ3n) is 3.63. The summed E-state index contributed by atoms with van der Waals surface area (Å²) >= 11 is 0.